The predicted octanol–water partition coefficient (Wildman–Crippen LogP) is 3.59. The van der Waals surface area contributed by atoms with Crippen molar-refractivity contribution in [2.75, 3.05) is 5.43 Å². The van der Waals surface area contributed by atoms with Gasteiger partial charge >= 0.3 is 0 Å². The summed E-state index contributed by atoms with van der Waals surface area (Å²) >= 11 is 3.32. The minimum absolute atomic E-state index is 0.514. The average Bonchev–Trinajstić information content (AvgIpc) is 3.07. The van der Waals surface area contributed by atoms with Crippen molar-refractivity contribution in [2.45, 2.75) is 37.6 Å². The fourth-order valence-corrected chi connectivity index (χ4v) is 2.73. The van der Waals surface area contributed by atoms with Crippen LogP contribution in [0.15, 0.2) is 27.8 Å². The zero-order valence-electron chi connectivity index (χ0n) is 11.2. The molecule has 0 amide bonds. The molecule has 0 spiro atoms. The van der Waals surface area contributed by atoms with Gasteiger partial charge in [0.05, 0.1) is 5.71 Å². The summed E-state index contributed by atoms with van der Waals surface area (Å²) in [7, 11) is 0. The molecule has 1 atom stereocenters. The fraction of sp³-hybridized carbons (Fsp3) is 0.417. The maximum atomic E-state index is 4.33. The molecule has 102 valence electrons. The van der Waals surface area contributed by atoms with Gasteiger partial charge in [0.2, 0.25) is 11.1 Å². The zero-order chi connectivity index (χ0) is 13.7. The lowest BCUT2D eigenvalue weighted by Gasteiger charge is -2.02. The normalized spacial score (nSPS) is 13.5. The lowest BCUT2D eigenvalue weighted by molar-refractivity contribution is 0.888. The highest BCUT2D eigenvalue weighted by Crippen LogP contribution is 2.21. The molecule has 2 aromatic heterocycles. The molecular weight excluding hydrogens is 278 g/mol. The summed E-state index contributed by atoms with van der Waals surface area (Å²) in [4.78, 5) is 5.47. The van der Waals surface area contributed by atoms with E-state index in [0.29, 0.717) is 11.2 Å². The molecule has 5 nitrogen and oxygen atoms in total. The van der Waals surface area contributed by atoms with Gasteiger partial charge in [-0.25, -0.2) is 10.5 Å². The van der Waals surface area contributed by atoms with Crippen molar-refractivity contribution in [1.29, 1.82) is 0 Å². The van der Waals surface area contributed by atoms with Crippen LogP contribution in [0.25, 0.3) is 0 Å². The smallest absolute Gasteiger partial charge is 0.240 e. The molecule has 2 N–H and O–H groups in total. The highest BCUT2D eigenvalue weighted by Gasteiger charge is 2.07. The van der Waals surface area contributed by atoms with Crippen molar-refractivity contribution in [3.8, 4) is 0 Å². The molecule has 19 heavy (non-hydrogen) atoms. The molecule has 2 heterocycles. The number of rotatable bonds is 6. The Morgan fingerprint density at radius 2 is 2.47 bits per heavy atom. The molecule has 0 fully saturated rings. The first-order valence-electron chi connectivity index (χ1n) is 6.12. The Morgan fingerprint density at radius 3 is 3.16 bits per heavy atom. The second kappa shape index (κ2) is 6.72. The SMILES string of the molecule is CC[C@@H](C)Sc1n[nH]c(N/N=C(/C)c2cccs2)n1. The largest absolute Gasteiger partial charge is 0.245 e. The van der Waals surface area contributed by atoms with E-state index in [9.17, 15) is 0 Å². The number of thiophene rings is 1. The third-order valence-electron chi connectivity index (χ3n) is 2.55. The van der Waals surface area contributed by atoms with Crippen LogP contribution in [0.5, 0.6) is 0 Å². The van der Waals surface area contributed by atoms with Gasteiger partial charge in [-0.3, -0.25) is 0 Å². The number of nitrogens with zero attached hydrogens (tertiary/aromatic N) is 3. The van der Waals surface area contributed by atoms with Gasteiger partial charge in [-0.1, -0.05) is 31.7 Å². The van der Waals surface area contributed by atoms with Gasteiger partial charge in [0, 0.05) is 10.1 Å². The van der Waals surface area contributed by atoms with E-state index < -0.39 is 0 Å². The Kier molecular flexibility index (Phi) is 4.98. The maximum absolute atomic E-state index is 4.33. The van der Waals surface area contributed by atoms with Crippen LogP contribution in [0.3, 0.4) is 0 Å². The molecule has 7 heteroatoms. The topological polar surface area (TPSA) is 66.0 Å². The van der Waals surface area contributed by atoms with Gasteiger partial charge in [-0.15, -0.1) is 16.4 Å². The van der Waals surface area contributed by atoms with Gasteiger partial charge < -0.3 is 0 Å². The third kappa shape index (κ3) is 4.07. The maximum Gasteiger partial charge on any atom is 0.240 e. The number of anilines is 1. The Morgan fingerprint density at radius 1 is 1.63 bits per heavy atom. The van der Waals surface area contributed by atoms with Gasteiger partial charge in [0.25, 0.3) is 0 Å². The molecular formula is C12H17N5S2. The van der Waals surface area contributed by atoms with Crippen LogP contribution in [0.2, 0.25) is 0 Å². The highest BCUT2D eigenvalue weighted by atomic mass is 32.2. The van der Waals surface area contributed by atoms with Crippen molar-refractivity contribution < 1.29 is 0 Å². The molecule has 0 aliphatic carbocycles. The van der Waals surface area contributed by atoms with Crippen molar-refractivity contribution in [3.05, 3.63) is 22.4 Å². The first kappa shape index (κ1) is 14.1. The van der Waals surface area contributed by atoms with Crippen molar-refractivity contribution >= 4 is 34.8 Å². The van der Waals surface area contributed by atoms with E-state index in [2.05, 4.69) is 39.6 Å². The molecule has 0 bridgehead atoms. The summed E-state index contributed by atoms with van der Waals surface area (Å²) in [6, 6.07) is 4.05. The van der Waals surface area contributed by atoms with Gasteiger partial charge in [-0.2, -0.15) is 10.1 Å². The lowest BCUT2D eigenvalue weighted by atomic mass is 10.3. The molecule has 0 saturated heterocycles. The van der Waals surface area contributed by atoms with Crippen LogP contribution in [0.1, 0.15) is 32.1 Å². The first-order valence-corrected chi connectivity index (χ1v) is 7.88. The second-order valence-corrected chi connectivity index (χ2v) is 6.44. The molecule has 2 aromatic rings. The predicted molar refractivity (Wildman–Crippen MR) is 82.1 cm³/mol. The minimum Gasteiger partial charge on any atom is -0.245 e. The van der Waals surface area contributed by atoms with Crippen LogP contribution >= 0.6 is 23.1 Å². The van der Waals surface area contributed by atoms with E-state index in [4.69, 9.17) is 0 Å². The molecule has 0 saturated carbocycles. The summed E-state index contributed by atoms with van der Waals surface area (Å²) < 4.78 is 0. The molecule has 0 unspecified atom stereocenters. The number of nitrogens with one attached hydrogen (secondary N) is 2. The summed E-state index contributed by atoms with van der Waals surface area (Å²) in [6.45, 7) is 6.27. The van der Waals surface area contributed by atoms with Crippen LogP contribution in [0, 0.1) is 0 Å². The number of thioether (sulfide) groups is 1. The van der Waals surface area contributed by atoms with E-state index in [-0.39, 0.29) is 0 Å². The third-order valence-corrected chi connectivity index (χ3v) is 4.66. The molecule has 0 aromatic carbocycles. The van der Waals surface area contributed by atoms with Crippen molar-refractivity contribution in [2.24, 2.45) is 5.10 Å². The molecule has 0 radical (unpaired) electrons. The quantitative estimate of drug-likeness (QED) is 0.485. The monoisotopic (exact) mass is 295 g/mol. The highest BCUT2D eigenvalue weighted by molar-refractivity contribution is 7.99. The standard InChI is InChI=1S/C12H17N5S2/c1-4-8(2)19-12-13-11(16-17-12)15-14-9(3)10-6-5-7-18-10/h5-8H,4H2,1-3H3,(H2,13,15,16,17)/b14-9-/t8-/m1/s1. The van der Waals surface area contributed by atoms with E-state index >= 15 is 0 Å². The molecule has 0 aliphatic rings. The van der Waals surface area contributed by atoms with Gasteiger partial charge in [-0.05, 0) is 24.8 Å². The number of aromatic amines is 1. The number of H-pyrrole nitrogens is 1. The average molecular weight is 295 g/mol. The number of hydrazone groups is 1. The molecule has 2 rings (SSSR count). The van der Waals surface area contributed by atoms with Gasteiger partial charge in [0.15, 0.2) is 0 Å². The minimum atomic E-state index is 0.514. The van der Waals surface area contributed by atoms with E-state index in [0.717, 1.165) is 22.2 Å². The first-order chi connectivity index (χ1) is 9.19. The Balaban J connectivity index is 1.95. The van der Waals surface area contributed by atoms with E-state index in [1.165, 1.54) is 0 Å². The Hall–Kier alpha value is -1.34. The second-order valence-electron chi connectivity index (χ2n) is 4.09. The Bertz CT molecular complexity index is 532. The number of hydrogen-bond acceptors (Lipinski definition) is 6. The van der Waals surface area contributed by atoms with E-state index in [1.807, 2.05) is 24.4 Å². The summed E-state index contributed by atoms with van der Waals surface area (Å²) in [5.74, 6) is 0.571. The van der Waals surface area contributed by atoms with Crippen molar-refractivity contribution in [3.63, 3.8) is 0 Å². The summed E-state index contributed by atoms with van der Waals surface area (Å²) in [5.41, 5.74) is 3.83. The summed E-state index contributed by atoms with van der Waals surface area (Å²) in [5, 5.41) is 14.6. The van der Waals surface area contributed by atoms with Crippen LogP contribution in [-0.2, 0) is 0 Å². The lowest BCUT2D eigenvalue weighted by Crippen LogP contribution is -1.98. The number of hydrogen-bond donors (Lipinski definition) is 2. The number of aromatic nitrogens is 3. The van der Waals surface area contributed by atoms with Crippen LogP contribution in [-0.4, -0.2) is 26.1 Å². The van der Waals surface area contributed by atoms with E-state index in [1.54, 1.807) is 23.1 Å². The zero-order valence-corrected chi connectivity index (χ0v) is 12.8. The van der Waals surface area contributed by atoms with Crippen LogP contribution < -0.4 is 5.43 Å². The fourth-order valence-electron chi connectivity index (χ4n) is 1.29. The molecule has 0 aliphatic heterocycles. The van der Waals surface area contributed by atoms with Gasteiger partial charge in [0.1, 0.15) is 0 Å². The van der Waals surface area contributed by atoms with Crippen LogP contribution in [0.4, 0.5) is 5.95 Å². The Labute approximate surface area is 120 Å². The summed E-state index contributed by atoms with van der Waals surface area (Å²) in [6.07, 6.45) is 1.09. The van der Waals surface area contributed by atoms with Crippen molar-refractivity contribution in [1.82, 2.24) is 15.2 Å².